The van der Waals surface area contributed by atoms with E-state index in [9.17, 15) is 9.59 Å². The van der Waals surface area contributed by atoms with Crippen molar-refractivity contribution in [3.05, 3.63) is 65.0 Å². The lowest BCUT2D eigenvalue weighted by Crippen LogP contribution is -2.32. The molecule has 7 nitrogen and oxygen atoms in total. The first-order valence-electron chi connectivity index (χ1n) is 8.56. The van der Waals surface area contributed by atoms with Gasteiger partial charge < -0.3 is 10.6 Å². The number of hydrogen-bond acceptors (Lipinski definition) is 4. The molecule has 0 bridgehead atoms. The van der Waals surface area contributed by atoms with Crippen molar-refractivity contribution in [2.75, 3.05) is 11.9 Å². The first-order chi connectivity index (χ1) is 12.9. The third-order valence-corrected chi connectivity index (χ3v) is 3.90. The van der Waals surface area contributed by atoms with Gasteiger partial charge in [0.1, 0.15) is 5.82 Å². The number of aromatic nitrogens is 3. The minimum absolute atomic E-state index is 0.115. The molecule has 0 aliphatic rings. The monoisotopic (exact) mass is 363 g/mol. The number of nitrogens with zero attached hydrogens (tertiary/aromatic N) is 2. The number of rotatable bonds is 5. The van der Waals surface area contributed by atoms with E-state index in [-0.39, 0.29) is 18.4 Å². The van der Waals surface area contributed by atoms with Gasteiger partial charge in [-0.15, -0.1) is 0 Å². The van der Waals surface area contributed by atoms with Crippen molar-refractivity contribution in [1.29, 1.82) is 0 Å². The molecule has 2 amide bonds. The minimum atomic E-state index is -0.309. The van der Waals surface area contributed by atoms with Gasteiger partial charge in [-0.25, -0.2) is 4.98 Å². The second-order valence-electron chi connectivity index (χ2n) is 6.43. The summed E-state index contributed by atoms with van der Waals surface area (Å²) in [5.41, 5.74) is 3.95. The molecule has 3 aromatic rings. The molecule has 0 saturated heterocycles. The van der Waals surface area contributed by atoms with Crippen LogP contribution in [0.15, 0.2) is 42.5 Å². The number of carbonyl (C=O) groups is 2. The van der Waals surface area contributed by atoms with E-state index in [0.29, 0.717) is 22.9 Å². The van der Waals surface area contributed by atoms with Gasteiger partial charge in [-0.1, -0.05) is 29.3 Å². The summed E-state index contributed by atoms with van der Waals surface area (Å²) >= 11 is 0. The fourth-order valence-electron chi connectivity index (χ4n) is 2.78. The normalized spacial score (nSPS) is 10.5. The first kappa shape index (κ1) is 18.3. The second kappa shape index (κ2) is 7.82. The zero-order chi connectivity index (χ0) is 19.4. The highest BCUT2D eigenvalue weighted by molar-refractivity contribution is 5.99. The Kier molecular flexibility index (Phi) is 5.30. The molecule has 27 heavy (non-hydrogen) atoms. The van der Waals surface area contributed by atoms with Gasteiger partial charge >= 0.3 is 0 Å². The highest BCUT2D eigenvalue weighted by Gasteiger charge is 2.10. The van der Waals surface area contributed by atoms with Crippen LogP contribution in [0.1, 0.15) is 27.3 Å². The first-order valence-corrected chi connectivity index (χ1v) is 8.56. The summed E-state index contributed by atoms with van der Waals surface area (Å²) in [5.74, 6) is 0.693. The largest absolute Gasteiger partial charge is 0.343 e. The Hall–Kier alpha value is -3.48. The number of amides is 2. The fraction of sp³-hybridized carbons (Fsp3) is 0.200. The van der Waals surface area contributed by atoms with E-state index in [1.165, 1.54) is 0 Å². The SMILES string of the molecule is Cc1cc(C)cc(C(=O)NCC(=O)Nc2cccc(-c3n[nH]c(C)n3)c2)c1. The van der Waals surface area contributed by atoms with Gasteiger partial charge in [0.15, 0.2) is 5.82 Å². The number of carbonyl (C=O) groups excluding carboxylic acids is 2. The molecule has 0 saturated carbocycles. The van der Waals surface area contributed by atoms with Crippen LogP contribution >= 0.6 is 0 Å². The summed E-state index contributed by atoms with van der Waals surface area (Å²) < 4.78 is 0. The van der Waals surface area contributed by atoms with E-state index >= 15 is 0 Å². The van der Waals surface area contributed by atoms with Gasteiger partial charge in [0.2, 0.25) is 5.91 Å². The molecule has 0 aliphatic heterocycles. The lowest BCUT2D eigenvalue weighted by Gasteiger charge is -2.09. The lowest BCUT2D eigenvalue weighted by atomic mass is 10.1. The highest BCUT2D eigenvalue weighted by atomic mass is 16.2. The van der Waals surface area contributed by atoms with Crippen molar-refractivity contribution in [2.24, 2.45) is 0 Å². The molecule has 0 atom stereocenters. The molecule has 0 fully saturated rings. The van der Waals surface area contributed by atoms with Crippen molar-refractivity contribution in [3.8, 4) is 11.4 Å². The molecule has 1 aromatic heterocycles. The van der Waals surface area contributed by atoms with Crippen LogP contribution in [0.25, 0.3) is 11.4 Å². The maximum Gasteiger partial charge on any atom is 0.251 e. The number of aryl methyl sites for hydroxylation is 3. The lowest BCUT2D eigenvalue weighted by molar-refractivity contribution is -0.115. The van der Waals surface area contributed by atoms with Crippen LogP contribution in [-0.2, 0) is 4.79 Å². The number of aromatic amines is 1. The Bertz CT molecular complexity index is 973. The summed E-state index contributed by atoms with van der Waals surface area (Å²) in [7, 11) is 0. The molecule has 3 rings (SSSR count). The Balaban J connectivity index is 1.60. The smallest absolute Gasteiger partial charge is 0.251 e. The van der Waals surface area contributed by atoms with Crippen LogP contribution in [0.3, 0.4) is 0 Å². The second-order valence-corrected chi connectivity index (χ2v) is 6.43. The molecular formula is C20H21N5O2. The van der Waals surface area contributed by atoms with E-state index in [0.717, 1.165) is 16.7 Å². The average molecular weight is 363 g/mol. The van der Waals surface area contributed by atoms with Crippen molar-refractivity contribution >= 4 is 17.5 Å². The molecule has 0 aliphatic carbocycles. The maximum absolute atomic E-state index is 12.2. The third kappa shape index (κ3) is 4.78. The third-order valence-electron chi connectivity index (χ3n) is 3.90. The van der Waals surface area contributed by atoms with Crippen LogP contribution < -0.4 is 10.6 Å². The molecule has 2 aromatic carbocycles. The molecule has 0 unspecified atom stereocenters. The van der Waals surface area contributed by atoms with Crippen molar-refractivity contribution in [3.63, 3.8) is 0 Å². The Morgan fingerprint density at radius 2 is 1.78 bits per heavy atom. The Labute approximate surface area is 157 Å². The predicted octanol–water partition coefficient (Wildman–Crippen LogP) is 2.77. The van der Waals surface area contributed by atoms with E-state index in [1.807, 2.05) is 39.0 Å². The van der Waals surface area contributed by atoms with E-state index in [4.69, 9.17) is 0 Å². The molecule has 138 valence electrons. The number of H-pyrrole nitrogens is 1. The molecule has 1 heterocycles. The fourth-order valence-corrected chi connectivity index (χ4v) is 2.78. The number of benzene rings is 2. The number of nitrogens with one attached hydrogen (secondary N) is 3. The van der Waals surface area contributed by atoms with E-state index < -0.39 is 0 Å². The van der Waals surface area contributed by atoms with Gasteiger partial charge in [-0.2, -0.15) is 5.10 Å². The number of anilines is 1. The maximum atomic E-state index is 12.2. The molecule has 0 spiro atoms. The van der Waals surface area contributed by atoms with Crippen LogP contribution in [0.2, 0.25) is 0 Å². The van der Waals surface area contributed by atoms with Crippen LogP contribution in [0, 0.1) is 20.8 Å². The molecule has 0 radical (unpaired) electrons. The summed E-state index contributed by atoms with van der Waals surface area (Å²) in [6.45, 7) is 5.56. The molecule has 3 N–H and O–H groups in total. The average Bonchev–Trinajstić information content (AvgIpc) is 3.05. The molecular weight excluding hydrogens is 342 g/mol. The quantitative estimate of drug-likeness (QED) is 0.649. The summed E-state index contributed by atoms with van der Waals surface area (Å²) in [5, 5.41) is 12.3. The van der Waals surface area contributed by atoms with Gasteiger partial charge in [-0.3, -0.25) is 14.7 Å². The molecule has 7 heteroatoms. The van der Waals surface area contributed by atoms with Crippen molar-refractivity contribution < 1.29 is 9.59 Å². The van der Waals surface area contributed by atoms with Crippen LogP contribution in [-0.4, -0.2) is 33.5 Å². The Morgan fingerprint density at radius 1 is 1.04 bits per heavy atom. The summed E-state index contributed by atoms with van der Waals surface area (Å²) in [6.07, 6.45) is 0. The van der Waals surface area contributed by atoms with E-state index in [2.05, 4.69) is 25.8 Å². The van der Waals surface area contributed by atoms with Gasteiger partial charge in [-0.05, 0) is 45.0 Å². The Morgan fingerprint density at radius 3 is 2.44 bits per heavy atom. The zero-order valence-corrected chi connectivity index (χ0v) is 15.5. The van der Waals surface area contributed by atoms with Gasteiger partial charge in [0.25, 0.3) is 5.91 Å². The zero-order valence-electron chi connectivity index (χ0n) is 15.5. The van der Waals surface area contributed by atoms with Crippen molar-refractivity contribution in [2.45, 2.75) is 20.8 Å². The van der Waals surface area contributed by atoms with Crippen LogP contribution in [0.5, 0.6) is 0 Å². The van der Waals surface area contributed by atoms with Gasteiger partial charge in [0.05, 0.1) is 6.54 Å². The van der Waals surface area contributed by atoms with E-state index in [1.54, 1.807) is 24.3 Å². The summed E-state index contributed by atoms with van der Waals surface area (Å²) in [6, 6.07) is 12.8. The standard InChI is InChI=1S/C20H21N5O2/c1-12-7-13(2)9-16(8-12)20(27)21-11-18(26)23-17-6-4-5-15(10-17)19-22-14(3)24-25-19/h4-10H,11H2,1-3H3,(H,21,27)(H,23,26)(H,22,24,25). The summed E-state index contributed by atoms with van der Waals surface area (Å²) in [4.78, 5) is 28.7. The predicted molar refractivity (Wildman–Crippen MR) is 103 cm³/mol. The van der Waals surface area contributed by atoms with Gasteiger partial charge in [0, 0.05) is 16.8 Å². The topological polar surface area (TPSA) is 99.8 Å². The van der Waals surface area contributed by atoms with Crippen LogP contribution in [0.4, 0.5) is 5.69 Å². The number of hydrogen-bond donors (Lipinski definition) is 3. The van der Waals surface area contributed by atoms with Crippen molar-refractivity contribution in [1.82, 2.24) is 20.5 Å². The minimum Gasteiger partial charge on any atom is -0.343 e. The highest BCUT2D eigenvalue weighted by Crippen LogP contribution is 2.19.